The second-order valence-corrected chi connectivity index (χ2v) is 6.14. The number of rotatable bonds is 8. The molecule has 122 valence electrons. The van der Waals surface area contributed by atoms with Gasteiger partial charge in [0.1, 0.15) is 0 Å². The molecule has 2 N–H and O–H groups in total. The first-order valence-electron chi connectivity index (χ1n) is 7.55. The number of urea groups is 1. The molecule has 2 aromatic rings. The minimum atomic E-state index is -0.147. The van der Waals surface area contributed by atoms with Gasteiger partial charge in [-0.05, 0) is 23.3 Å². The smallest absolute Gasteiger partial charge is 0.315 e. The molecule has 4 nitrogen and oxygen atoms in total. The van der Waals surface area contributed by atoms with Crippen LogP contribution in [0, 0.1) is 0 Å². The second kappa shape index (κ2) is 9.92. The third-order valence-electron chi connectivity index (χ3n) is 3.26. The van der Waals surface area contributed by atoms with Crippen molar-refractivity contribution in [3.05, 3.63) is 65.7 Å². The fourth-order valence-electron chi connectivity index (χ4n) is 2.11. The summed E-state index contributed by atoms with van der Waals surface area (Å²) in [6, 6.07) is 18.0. The predicted octanol–water partition coefficient (Wildman–Crippen LogP) is 3.42. The molecular weight excluding hydrogens is 308 g/mol. The minimum absolute atomic E-state index is 0.147. The zero-order valence-corrected chi connectivity index (χ0v) is 14.1. The van der Waals surface area contributed by atoms with Crippen molar-refractivity contribution in [1.29, 1.82) is 0 Å². The number of ether oxygens (including phenoxy) is 1. The molecule has 2 rings (SSSR count). The highest BCUT2D eigenvalue weighted by atomic mass is 32.2. The molecule has 0 aromatic heterocycles. The largest absolute Gasteiger partial charge is 0.380 e. The maximum absolute atomic E-state index is 11.8. The molecule has 0 fully saturated rings. The molecule has 2 aromatic carbocycles. The van der Waals surface area contributed by atoms with Crippen LogP contribution in [0.5, 0.6) is 0 Å². The topological polar surface area (TPSA) is 50.4 Å². The maximum atomic E-state index is 11.8. The summed E-state index contributed by atoms with van der Waals surface area (Å²) in [7, 11) is 1.67. The number of hydrogen-bond acceptors (Lipinski definition) is 3. The van der Waals surface area contributed by atoms with Crippen LogP contribution < -0.4 is 10.6 Å². The van der Waals surface area contributed by atoms with Gasteiger partial charge in [-0.1, -0.05) is 42.5 Å². The van der Waals surface area contributed by atoms with E-state index in [1.807, 2.05) is 42.5 Å². The van der Waals surface area contributed by atoms with E-state index in [1.54, 1.807) is 18.9 Å². The maximum Gasteiger partial charge on any atom is 0.315 e. The Morgan fingerprint density at radius 1 is 1.00 bits per heavy atom. The predicted molar refractivity (Wildman–Crippen MR) is 94.6 cm³/mol. The molecule has 0 aliphatic carbocycles. The van der Waals surface area contributed by atoms with Gasteiger partial charge in [-0.3, -0.25) is 0 Å². The van der Waals surface area contributed by atoms with Crippen molar-refractivity contribution in [3.63, 3.8) is 0 Å². The van der Waals surface area contributed by atoms with Crippen molar-refractivity contribution < 1.29 is 9.53 Å². The second-order valence-electron chi connectivity index (χ2n) is 4.97. The van der Waals surface area contributed by atoms with Gasteiger partial charge in [-0.15, -0.1) is 11.8 Å². The van der Waals surface area contributed by atoms with E-state index in [2.05, 4.69) is 22.8 Å². The summed E-state index contributed by atoms with van der Waals surface area (Å²) in [5.41, 5.74) is 2.16. The van der Waals surface area contributed by atoms with Crippen LogP contribution in [0.4, 0.5) is 4.79 Å². The molecule has 0 spiro atoms. The lowest BCUT2D eigenvalue weighted by Crippen LogP contribution is -2.36. The van der Waals surface area contributed by atoms with Gasteiger partial charge >= 0.3 is 6.03 Å². The zero-order valence-electron chi connectivity index (χ0n) is 13.2. The normalized spacial score (nSPS) is 10.3. The van der Waals surface area contributed by atoms with Crippen LogP contribution in [-0.4, -0.2) is 25.4 Å². The van der Waals surface area contributed by atoms with Gasteiger partial charge in [0.2, 0.25) is 0 Å². The third kappa shape index (κ3) is 6.34. The molecule has 0 saturated carbocycles. The van der Waals surface area contributed by atoms with E-state index in [-0.39, 0.29) is 6.03 Å². The van der Waals surface area contributed by atoms with E-state index in [9.17, 15) is 4.79 Å². The summed E-state index contributed by atoms with van der Waals surface area (Å²) < 4.78 is 5.17. The molecule has 5 heteroatoms. The molecule has 0 saturated heterocycles. The summed E-state index contributed by atoms with van der Waals surface area (Å²) in [5, 5.41) is 5.75. The monoisotopic (exact) mass is 330 g/mol. The van der Waals surface area contributed by atoms with Gasteiger partial charge in [0.25, 0.3) is 0 Å². The molecular formula is C18H22N2O2S. The summed E-state index contributed by atoms with van der Waals surface area (Å²) in [4.78, 5) is 13.0. The standard InChI is InChI=1S/C18H22N2O2S/c1-22-14-16-8-6-5-7-15(16)13-20-18(21)19-11-12-23-17-9-3-2-4-10-17/h2-10H,11-14H2,1H3,(H2,19,20,21). The Hall–Kier alpha value is -1.98. The van der Waals surface area contributed by atoms with Crippen molar-refractivity contribution in [2.75, 3.05) is 19.4 Å². The molecule has 0 aliphatic rings. The highest BCUT2D eigenvalue weighted by Crippen LogP contribution is 2.15. The van der Waals surface area contributed by atoms with Gasteiger partial charge < -0.3 is 15.4 Å². The first kappa shape index (κ1) is 17.4. The number of hydrogen-bond donors (Lipinski definition) is 2. The molecule has 0 unspecified atom stereocenters. The number of carbonyl (C=O) groups is 1. The van der Waals surface area contributed by atoms with Crippen LogP contribution in [0.2, 0.25) is 0 Å². The highest BCUT2D eigenvalue weighted by Gasteiger charge is 2.04. The lowest BCUT2D eigenvalue weighted by molar-refractivity contribution is 0.184. The van der Waals surface area contributed by atoms with Gasteiger partial charge in [-0.25, -0.2) is 4.79 Å². The quantitative estimate of drug-likeness (QED) is 0.576. The fourth-order valence-corrected chi connectivity index (χ4v) is 2.90. The van der Waals surface area contributed by atoms with Crippen molar-refractivity contribution >= 4 is 17.8 Å². The lowest BCUT2D eigenvalue weighted by atomic mass is 10.1. The van der Waals surface area contributed by atoms with E-state index >= 15 is 0 Å². The molecule has 0 atom stereocenters. The van der Waals surface area contributed by atoms with Crippen molar-refractivity contribution in [1.82, 2.24) is 10.6 Å². The van der Waals surface area contributed by atoms with E-state index in [0.29, 0.717) is 19.7 Å². The Morgan fingerprint density at radius 2 is 1.70 bits per heavy atom. The number of methoxy groups -OCH3 is 1. The first-order valence-corrected chi connectivity index (χ1v) is 8.53. The van der Waals surface area contributed by atoms with Gasteiger partial charge in [0.15, 0.2) is 0 Å². The summed E-state index contributed by atoms with van der Waals surface area (Å²) in [6.45, 7) is 1.68. The average molecular weight is 330 g/mol. The average Bonchev–Trinajstić information content (AvgIpc) is 2.59. The van der Waals surface area contributed by atoms with Gasteiger partial charge in [0.05, 0.1) is 6.61 Å². The number of thioether (sulfide) groups is 1. The third-order valence-corrected chi connectivity index (χ3v) is 4.27. The Labute approximate surface area is 141 Å². The zero-order chi connectivity index (χ0) is 16.3. The number of nitrogens with one attached hydrogen (secondary N) is 2. The van der Waals surface area contributed by atoms with Crippen LogP contribution in [0.3, 0.4) is 0 Å². The Kier molecular flexibility index (Phi) is 7.49. The summed E-state index contributed by atoms with van der Waals surface area (Å²) in [5.74, 6) is 0.845. The Morgan fingerprint density at radius 3 is 2.43 bits per heavy atom. The van der Waals surface area contributed by atoms with E-state index in [4.69, 9.17) is 4.74 Å². The molecule has 0 heterocycles. The van der Waals surface area contributed by atoms with E-state index in [1.165, 1.54) is 4.90 Å². The molecule has 23 heavy (non-hydrogen) atoms. The number of benzene rings is 2. The summed E-state index contributed by atoms with van der Waals surface area (Å²) in [6.07, 6.45) is 0. The van der Waals surface area contributed by atoms with E-state index < -0.39 is 0 Å². The first-order chi connectivity index (χ1) is 11.3. The van der Waals surface area contributed by atoms with Crippen molar-refractivity contribution in [2.24, 2.45) is 0 Å². The van der Waals surface area contributed by atoms with Crippen LogP contribution in [0.15, 0.2) is 59.5 Å². The summed E-state index contributed by atoms with van der Waals surface area (Å²) >= 11 is 1.73. The van der Waals surface area contributed by atoms with Crippen molar-refractivity contribution in [3.8, 4) is 0 Å². The fraction of sp³-hybridized carbons (Fsp3) is 0.278. The van der Waals surface area contributed by atoms with Crippen molar-refractivity contribution in [2.45, 2.75) is 18.0 Å². The van der Waals surface area contributed by atoms with Gasteiger partial charge in [-0.2, -0.15) is 0 Å². The highest BCUT2D eigenvalue weighted by molar-refractivity contribution is 7.99. The number of carbonyl (C=O) groups excluding carboxylic acids is 1. The van der Waals surface area contributed by atoms with Crippen LogP contribution in [0.25, 0.3) is 0 Å². The molecule has 2 amide bonds. The number of amides is 2. The Bertz CT molecular complexity index is 605. The van der Waals surface area contributed by atoms with E-state index in [0.717, 1.165) is 16.9 Å². The van der Waals surface area contributed by atoms with Gasteiger partial charge in [0, 0.05) is 30.8 Å². The Balaban J connectivity index is 1.67. The van der Waals surface area contributed by atoms with Crippen LogP contribution in [0.1, 0.15) is 11.1 Å². The molecule has 0 aliphatic heterocycles. The SMILES string of the molecule is COCc1ccccc1CNC(=O)NCCSc1ccccc1. The molecule has 0 bridgehead atoms. The minimum Gasteiger partial charge on any atom is -0.380 e. The van der Waals surface area contributed by atoms with Crippen LogP contribution >= 0.6 is 11.8 Å². The van der Waals surface area contributed by atoms with Crippen LogP contribution in [-0.2, 0) is 17.9 Å². The molecule has 0 radical (unpaired) electrons. The lowest BCUT2D eigenvalue weighted by Gasteiger charge is -2.11.